The molecule has 0 radical (unpaired) electrons. The van der Waals surface area contributed by atoms with Gasteiger partial charge in [-0.1, -0.05) is 11.6 Å². The van der Waals surface area contributed by atoms with Crippen LogP contribution in [0, 0.1) is 23.7 Å². The van der Waals surface area contributed by atoms with Crippen molar-refractivity contribution in [3.63, 3.8) is 0 Å². The highest BCUT2D eigenvalue weighted by Crippen LogP contribution is 2.52. The fraction of sp³-hybridized carbons (Fsp3) is 0.765. The van der Waals surface area contributed by atoms with Crippen molar-refractivity contribution in [1.29, 1.82) is 0 Å². The van der Waals surface area contributed by atoms with Crippen LogP contribution in [0.4, 0.5) is 0 Å². The molecule has 2 fully saturated rings. The van der Waals surface area contributed by atoms with E-state index in [1.807, 2.05) is 6.92 Å². The number of carbonyl (C=O) groups is 2. The minimum absolute atomic E-state index is 0.0560. The van der Waals surface area contributed by atoms with Crippen molar-refractivity contribution in [2.24, 2.45) is 23.7 Å². The van der Waals surface area contributed by atoms with E-state index in [-0.39, 0.29) is 36.7 Å². The van der Waals surface area contributed by atoms with Gasteiger partial charge in [-0.15, -0.1) is 0 Å². The Morgan fingerprint density at radius 2 is 2.22 bits per heavy atom. The molecule has 128 valence electrons. The number of aliphatic hydroxyl groups excluding tert-OH is 1. The van der Waals surface area contributed by atoms with Gasteiger partial charge in [0.1, 0.15) is 6.10 Å². The minimum atomic E-state index is -1.01. The predicted molar refractivity (Wildman–Crippen MR) is 82.1 cm³/mol. The Kier molecular flexibility index (Phi) is 4.01. The van der Waals surface area contributed by atoms with E-state index < -0.39 is 29.6 Å². The zero-order valence-electron chi connectivity index (χ0n) is 13.8. The summed E-state index contributed by atoms with van der Waals surface area (Å²) in [5.74, 6) is -1.68. The molecular weight excluding hydrogens is 298 g/mol. The van der Waals surface area contributed by atoms with Gasteiger partial charge in [-0.25, -0.2) is 0 Å². The summed E-state index contributed by atoms with van der Waals surface area (Å²) >= 11 is 0. The third-order valence-electron chi connectivity index (χ3n) is 5.84. The first kappa shape index (κ1) is 16.5. The Morgan fingerprint density at radius 1 is 1.52 bits per heavy atom. The monoisotopic (exact) mass is 323 g/mol. The SMILES string of the molecule is CC(=O)NCC1C(=O)OC2C3C(C)=CCC3C(C)(O)CC(O)C12. The van der Waals surface area contributed by atoms with Crippen LogP contribution in [0.1, 0.15) is 33.6 Å². The number of esters is 1. The lowest BCUT2D eigenvalue weighted by Gasteiger charge is -2.34. The topological polar surface area (TPSA) is 95.9 Å². The molecule has 1 aliphatic heterocycles. The maximum atomic E-state index is 12.3. The molecule has 1 amide bonds. The van der Waals surface area contributed by atoms with E-state index in [4.69, 9.17) is 4.74 Å². The van der Waals surface area contributed by atoms with Gasteiger partial charge in [0, 0.05) is 37.6 Å². The number of allylic oxidation sites excluding steroid dienone is 1. The lowest BCUT2D eigenvalue weighted by Crippen LogP contribution is -2.41. The average Bonchev–Trinajstić information content (AvgIpc) is 2.94. The highest BCUT2D eigenvalue weighted by molar-refractivity contribution is 5.78. The lowest BCUT2D eigenvalue weighted by molar-refractivity contribution is -0.147. The molecule has 3 N–H and O–H groups in total. The molecular formula is C17H25NO5. The van der Waals surface area contributed by atoms with Gasteiger partial charge in [0.25, 0.3) is 0 Å². The van der Waals surface area contributed by atoms with Gasteiger partial charge < -0.3 is 20.3 Å². The normalized spacial score (nSPS) is 45.6. The Balaban J connectivity index is 1.93. The maximum Gasteiger partial charge on any atom is 0.311 e. The third-order valence-corrected chi connectivity index (χ3v) is 5.84. The van der Waals surface area contributed by atoms with Crippen molar-refractivity contribution in [2.75, 3.05) is 6.54 Å². The molecule has 1 heterocycles. The van der Waals surface area contributed by atoms with Crippen molar-refractivity contribution in [3.8, 4) is 0 Å². The minimum Gasteiger partial charge on any atom is -0.461 e. The zero-order valence-corrected chi connectivity index (χ0v) is 13.8. The quantitative estimate of drug-likeness (QED) is 0.504. The third kappa shape index (κ3) is 2.68. The first-order valence-electron chi connectivity index (χ1n) is 8.24. The van der Waals surface area contributed by atoms with Gasteiger partial charge >= 0.3 is 5.97 Å². The summed E-state index contributed by atoms with van der Waals surface area (Å²) in [7, 11) is 0. The molecule has 3 rings (SSSR count). The molecule has 0 aromatic heterocycles. The first-order chi connectivity index (χ1) is 10.7. The van der Waals surface area contributed by atoms with Gasteiger partial charge in [0.2, 0.25) is 5.91 Å². The van der Waals surface area contributed by atoms with Gasteiger partial charge in [-0.3, -0.25) is 9.59 Å². The Bertz CT molecular complexity index is 555. The van der Waals surface area contributed by atoms with Crippen LogP contribution in [-0.2, 0) is 14.3 Å². The van der Waals surface area contributed by atoms with Crippen molar-refractivity contribution >= 4 is 11.9 Å². The van der Waals surface area contributed by atoms with Crippen LogP contribution in [-0.4, -0.2) is 46.4 Å². The van der Waals surface area contributed by atoms with E-state index in [0.29, 0.717) is 0 Å². The molecule has 2 aliphatic carbocycles. The number of fused-ring (bicyclic) bond motifs is 3. The van der Waals surface area contributed by atoms with Crippen molar-refractivity contribution in [1.82, 2.24) is 5.32 Å². The lowest BCUT2D eigenvalue weighted by atomic mass is 9.76. The van der Waals surface area contributed by atoms with Crippen molar-refractivity contribution < 1.29 is 24.5 Å². The molecule has 7 unspecified atom stereocenters. The number of rotatable bonds is 2. The summed E-state index contributed by atoms with van der Waals surface area (Å²) in [4.78, 5) is 23.5. The summed E-state index contributed by atoms with van der Waals surface area (Å²) < 4.78 is 5.64. The second-order valence-electron chi connectivity index (χ2n) is 7.47. The molecule has 6 nitrogen and oxygen atoms in total. The molecule has 0 bridgehead atoms. The predicted octanol–water partition coefficient (Wildman–Crippen LogP) is 0.378. The fourth-order valence-corrected chi connectivity index (χ4v) is 4.71. The van der Waals surface area contributed by atoms with Crippen molar-refractivity contribution in [2.45, 2.75) is 51.4 Å². The summed E-state index contributed by atoms with van der Waals surface area (Å²) in [6.07, 6.45) is 1.76. The van der Waals surface area contributed by atoms with E-state index in [1.54, 1.807) is 6.92 Å². The second-order valence-corrected chi connectivity index (χ2v) is 7.47. The van der Waals surface area contributed by atoms with E-state index in [9.17, 15) is 19.8 Å². The second kappa shape index (κ2) is 5.60. The molecule has 1 saturated carbocycles. The number of carbonyl (C=O) groups excluding carboxylic acids is 2. The van der Waals surface area contributed by atoms with Crippen LogP contribution >= 0.6 is 0 Å². The van der Waals surface area contributed by atoms with E-state index in [0.717, 1.165) is 12.0 Å². The van der Waals surface area contributed by atoms with E-state index >= 15 is 0 Å². The van der Waals surface area contributed by atoms with Crippen molar-refractivity contribution in [3.05, 3.63) is 11.6 Å². The molecule has 0 spiro atoms. The van der Waals surface area contributed by atoms with Crippen LogP contribution < -0.4 is 5.32 Å². The Morgan fingerprint density at radius 3 is 2.87 bits per heavy atom. The number of hydrogen-bond acceptors (Lipinski definition) is 5. The highest BCUT2D eigenvalue weighted by atomic mass is 16.6. The van der Waals surface area contributed by atoms with E-state index in [2.05, 4.69) is 11.4 Å². The van der Waals surface area contributed by atoms with Crippen LogP contribution in [0.3, 0.4) is 0 Å². The van der Waals surface area contributed by atoms with Crippen LogP contribution in [0.2, 0.25) is 0 Å². The molecule has 6 heteroatoms. The molecule has 0 aromatic rings. The number of aliphatic hydroxyl groups is 2. The van der Waals surface area contributed by atoms with Gasteiger partial charge in [-0.2, -0.15) is 0 Å². The number of hydrogen-bond donors (Lipinski definition) is 3. The fourth-order valence-electron chi connectivity index (χ4n) is 4.71. The average molecular weight is 323 g/mol. The van der Waals surface area contributed by atoms with Gasteiger partial charge in [-0.05, 0) is 20.3 Å². The molecule has 3 aliphatic rings. The summed E-state index contributed by atoms with van der Waals surface area (Å²) in [5, 5.41) is 24.2. The van der Waals surface area contributed by atoms with Crippen LogP contribution in [0.25, 0.3) is 0 Å². The zero-order chi connectivity index (χ0) is 16.9. The smallest absolute Gasteiger partial charge is 0.311 e. The Hall–Kier alpha value is -1.40. The summed E-state index contributed by atoms with van der Waals surface area (Å²) in [6, 6.07) is 0. The number of nitrogens with one attached hydrogen (secondary N) is 1. The van der Waals surface area contributed by atoms with Crippen LogP contribution in [0.5, 0.6) is 0 Å². The summed E-state index contributed by atoms with van der Waals surface area (Å²) in [5.41, 5.74) is 0.0977. The van der Waals surface area contributed by atoms with Gasteiger partial charge in [0.05, 0.1) is 17.6 Å². The van der Waals surface area contributed by atoms with Gasteiger partial charge in [0.15, 0.2) is 0 Å². The van der Waals surface area contributed by atoms with E-state index in [1.165, 1.54) is 6.92 Å². The molecule has 1 saturated heterocycles. The summed E-state index contributed by atoms with van der Waals surface area (Å²) in [6.45, 7) is 5.30. The highest BCUT2D eigenvalue weighted by Gasteiger charge is 2.59. The largest absolute Gasteiger partial charge is 0.461 e. The standard InChI is InChI=1S/C17H25NO5/c1-8-4-5-11-13(8)15-14(12(20)6-17(11,3)22)10(16(21)23-15)7-18-9(2)19/h4,10-15,20,22H,5-7H2,1-3H3,(H,18,19). The Labute approximate surface area is 135 Å². The molecule has 0 aromatic carbocycles. The van der Waals surface area contributed by atoms with Crippen LogP contribution in [0.15, 0.2) is 11.6 Å². The maximum absolute atomic E-state index is 12.3. The molecule has 7 atom stereocenters. The number of amides is 1. The number of ether oxygens (including phenoxy) is 1. The first-order valence-corrected chi connectivity index (χ1v) is 8.24. The molecule has 23 heavy (non-hydrogen) atoms.